The molecular formula is C11H10N4O2. The third-order valence-electron chi connectivity index (χ3n) is 2.16. The molecule has 0 bridgehead atoms. The van der Waals surface area contributed by atoms with E-state index in [1.807, 2.05) is 0 Å². The molecule has 17 heavy (non-hydrogen) atoms. The summed E-state index contributed by atoms with van der Waals surface area (Å²) in [6, 6.07) is 3.20. The Labute approximate surface area is 97.5 Å². The standard InChI is InChI=1S/C11H10N4O2/c1-17-11(16)7-2-3-8(15-10(7)12)9-6-13-4-5-14-9/h2-6H,1H3,(H2,12,15). The number of hydrogen-bond acceptors (Lipinski definition) is 6. The van der Waals surface area contributed by atoms with Crippen molar-refractivity contribution in [3.8, 4) is 11.4 Å². The number of nitrogens with two attached hydrogens (primary N) is 1. The molecule has 0 aromatic carbocycles. The fourth-order valence-electron chi connectivity index (χ4n) is 1.33. The molecule has 2 aromatic rings. The van der Waals surface area contributed by atoms with Crippen LogP contribution < -0.4 is 5.73 Å². The molecule has 2 N–H and O–H groups in total. The lowest BCUT2D eigenvalue weighted by atomic mass is 10.2. The fourth-order valence-corrected chi connectivity index (χ4v) is 1.33. The van der Waals surface area contributed by atoms with Crippen LogP contribution in [0, 0.1) is 0 Å². The third-order valence-corrected chi connectivity index (χ3v) is 2.16. The van der Waals surface area contributed by atoms with Crippen molar-refractivity contribution in [2.75, 3.05) is 12.8 Å². The maximum Gasteiger partial charge on any atom is 0.341 e. The number of anilines is 1. The van der Waals surface area contributed by atoms with E-state index in [0.29, 0.717) is 11.4 Å². The summed E-state index contributed by atoms with van der Waals surface area (Å²) >= 11 is 0. The van der Waals surface area contributed by atoms with Crippen molar-refractivity contribution in [2.24, 2.45) is 0 Å². The van der Waals surface area contributed by atoms with Crippen LogP contribution in [-0.2, 0) is 4.74 Å². The normalized spacial score (nSPS) is 9.94. The number of ether oxygens (including phenoxy) is 1. The van der Waals surface area contributed by atoms with Crippen molar-refractivity contribution in [3.63, 3.8) is 0 Å². The van der Waals surface area contributed by atoms with E-state index in [0.717, 1.165) is 0 Å². The van der Waals surface area contributed by atoms with E-state index in [2.05, 4.69) is 19.7 Å². The Bertz CT molecular complexity index is 542. The van der Waals surface area contributed by atoms with Crippen LogP contribution in [0.4, 0.5) is 5.82 Å². The van der Waals surface area contributed by atoms with E-state index in [-0.39, 0.29) is 11.4 Å². The van der Waals surface area contributed by atoms with Crippen molar-refractivity contribution in [1.29, 1.82) is 0 Å². The van der Waals surface area contributed by atoms with Gasteiger partial charge in [-0.3, -0.25) is 9.97 Å². The lowest BCUT2D eigenvalue weighted by Gasteiger charge is -2.04. The second kappa shape index (κ2) is 4.56. The third kappa shape index (κ3) is 2.20. The van der Waals surface area contributed by atoms with E-state index in [1.54, 1.807) is 30.7 Å². The van der Waals surface area contributed by atoms with Gasteiger partial charge in [0.1, 0.15) is 17.1 Å². The molecule has 6 nitrogen and oxygen atoms in total. The van der Waals surface area contributed by atoms with Crippen molar-refractivity contribution in [2.45, 2.75) is 0 Å². The van der Waals surface area contributed by atoms with Crippen LogP contribution in [0.25, 0.3) is 11.4 Å². The van der Waals surface area contributed by atoms with E-state index < -0.39 is 5.97 Å². The number of aromatic nitrogens is 3. The van der Waals surface area contributed by atoms with Crippen molar-refractivity contribution >= 4 is 11.8 Å². The van der Waals surface area contributed by atoms with Crippen molar-refractivity contribution in [3.05, 3.63) is 36.3 Å². The largest absolute Gasteiger partial charge is 0.465 e. The number of pyridine rings is 1. The Morgan fingerprint density at radius 2 is 2.12 bits per heavy atom. The predicted molar refractivity (Wildman–Crippen MR) is 61.0 cm³/mol. The molecule has 0 aliphatic carbocycles. The number of carbonyl (C=O) groups excluding carboxylic acids is 1. The SMILES string of the molecule is COC(=O)c1ccc(-c2cnccn2)nc1N. The topological polar surface area (TPSA) is 91.0 Å². The Kier molecular flexibility index (Phi) is 2.95. The summed E-state index contributed by atoms with van der Waals surface area (Å²) in [7, 11) is 1.29. The Hall–Kier alpha value is -2.50. The van der Waals surface area contributed by atoms with E-state index in [1.165, 1.54) is 7.11 Å². The molecule has 0 aliphatic heterocycles. The van der Waals surface area contributed by atoms with E-state index in [9.17, 15) is 4.79 Å². The zero-order valence-electron chi connectivity index (χ0n) is 9.12. The monoisotopic (exact) mass is 230 g/mol. The molecule has 2 rings (SSSR count). The van der Waals surface area contributed by atoms with Crippen LogP contribution in [0.5, 0.6) is 0 Å². The molecule has 0 aliphatic rings. The number of hydrogen-bond donors (Lipinski definition) is 1. The highest BCUT2D eigenvalue weighted by Gasteiger charge is 2.12. The van der Waals surface area contributed by atoms with Gasteiger partial charge in [0.05, 0.1) is 19.0 Å². The molecule has 2 heterocycles. The van der Waals surface area contributed by atoms with Crippen LogP contribution in [0.1, 0.15) is 10.4 Å². The zero-order valence-corrected chi connectivity index (χ0v) is 9.12. The van der Waals surface area contributed by atoms with Gasteiger partial charge in [-0.1, -0.05) is 0 Å². The number of nitrogen functional groups attached to an aromatic ring is 1. The maximum absolute atomic E-state index is 11.3. The molecule has 86 valence electrons. The van der Waals surface area contributed by atoms with Gasteiger partial charge in [0.25, 0.3) is 0 Å². The number of rotatable bonds is 2. The van der Waals surface area contributed by atoms with E-state index >= 15 is 0 Å². The van der Waals surface area contributed by atoms with Crippen LogP contribution in [0.3, 0.4) is 0 Å². The van der Waals surface area contributed by atoms with Gasteiger partial charge in [-0.2, -0.15) is 0 Å². The predicted octanol–water partition coefficient (Wildman–Crippen LogP) is 0.907. The minimum absolute atomic E-state index is 0.111. The summed E-state index contributed by atoms with van der Waals surface area (Å²) in [6.07, 6.45) is 4.69. The number of esters is 1. The second-order valence-corrected chi connectivity index (χ2v) is 3.21. The summed E-state index contributed by atoms with van der Waals surface area (Å²) < 4.78 is 4.58. The van der Waals surface area contributed by atoms with Gasteiger partial charge < -0.3 is 10.5 Å². The summed E-state index contributed by atoms with van der Waals surface area (Å²) in [6.45, 7) is 0. The Morgan fingerprint density at radius 3 is 2.71 bits per heavy atom. The zero-order chi connectivity index (χ0) is 12.3. The molecule has 0 saturated carbocycles. The first kappa shape index (κ1) is 11.0. The van der Waals surface area contributed by atoms with Crippen molar-refractivity contribution in [1.82, 2.24) is 15.0 Å². The van der Waals surface area contributed by atoms with Crippen molar-refractivity contribution < 1.29 is 9.53 Å². The van der Waals surface area contributed by atoms with Gasteiger partial charge in [0.2, 0.25) is 0 Å². The molecular weight excluding hydrogens is 220 g/mol. The number of carbonyl (C=O) groups is 1. The van der Waals surface area contributed by atoms with Gasteiger partial charge in [-0.25, -0.2) is 9.78 Å². The highest BCUT2D eigenvalue weighted by Crippen LogP contribution is 2.17. The minimum atomic E-state index is -0.513. The first-order valence-corrected chi connectivity index (χ1v) is 4.83. The highest BCUT2D eigenvalue weighted by atomic mass is 16.5. The summed E-state index contributed by atoms with van der Waals surface area (Å²) in [5.74, 6) is -0.402. The molecule has 0 atom stereocenters. The second-order valence-electron chi connectivity index (χ2n) is 3.21. The summed E-state index contributed by atoms with van der Waals surface area (Å²) in [4.78, 5) is 23.4. The Morgan fingerprint density at radius 1 is 1.29 bits per heavy atom. The number of methoxy groups -OCH3 is 1. The Balaban J connectivity index is 2.41. The summed E-state index contributed by atoms with van der Waals surface area (Å²) in [5.41, 5.74) is 7.06. The molecule has 0 fully saturated rings. The molecule has 0 unspecified atom stereocenters. The lowest BCUT2D eigenvalue weighted by Crippen LogP contribution is -2.07. The average Bonchev–Trinajstić information content (AvgIpc) is 2.39. The van der Waals surface area contributed by atoms with Gasteiger partial charge in [0.15, 0.2) is 0 Å². The fraction of sp³-hybridized carbons (Fsp3) is 0.0909. The lowest BCUT2D eigenvalue weighted by molar-refractivity contribution is 0.0601. The first-order valence-electron chi connectivity index (χ1n) is 4.83. The molecule has 0 radical (unpaired) electrons. The van der Waals surface area contributed by atoms with Gasteiger partial charge in [0, 0.05) is 12.4 Å². The maximum atomic E-state index is 11.3. The van der Waals surface area contributed by atoms with Crippen LogP contribution in [0.15, 0.2) is 30.7 Å². The van der Waals surface area contributed by atoms with Gasteiger partial charge >= 0.3 is 5.97 Å². The van der Waals surface area contributed by atoms with Gasteiger partial charge in [-0.15, -0.1) is 0 Å². The molecule has 0 saturated heterocycles. The molecule has 0 spiro atoms. The molecule has 6 heteroatoms. The van der Waals surface area contributed by atoms with Crippen LogP contribution >= 0.6 is 0 Å². The average molecular weight is 230 g/mol. The smallest absolute Gasteiger partial charge is 0.341 e. The molecule has 2 aromatic heterocycles. The minimum Gasteiger partial charge on any atom is -0.465 e. The first-order chi connectivity index (χ1) is 8.22. The van der Waals surface area contributed by atoms with E-state index in [4.69, 9.17) is 5.73 Å². The number of nitrogens with zero attached hydrogens (tertiary/aromatic N) is 3. The summed E-state index contributed by atoms with van der Waals surface area (Å²) in [5, 5.41) is 0. The highest BCUT2D eigenvalue weighted by molar-refractivity contribution is 5.94. The van der Waals surface area contributed by atoms with Gasteiger partial charge in [-0.05, 0) is 12.1 Å². The molecule has 0 amide bonds. The van der Waals surface area contributed by atoms with Crippen LogP contribution in [0.2, 0.25) is 0 Å². The quantitative estimate of drug-likeness (QED) is 0.771. The van der Waals surface area contributed by atoms with Crippen LogP contribution in [-0.4, -0.2) is 28.0 Å².